The minimum atomic E-state index is -0.218. The van der Waals surface area contributed by atoms with E-state index in [1.165, 1.54) is 6.07 Å². The van der Waals surface area contributed by atoms with Gasteiger partial charge in [0.05, 0.1) is 0 Å². The average Bonchev–Trinajstić information content (AvgIpc) is 2.42. The molecule has 2 atom stereocenters. The molecule has 0 aromatic heterocycles. The Balaban J connectivity index is 2.16. The van der Waals surface area contributed by atoms with Crippen LogP contribution in [0.2, 0.25) is 5.02 Å². The second-order valence-electron chi connectivity index (χ2n) is 7.05. The third-order valence-corrected chi connectivity index (χ3v) is 4.80. The van der Waals surface area contributed by atoms with Crippen molar-refractivity contribution in [2.24, 2.45) is 5.41 Å². The Hall–Kier alpha value is -0.640. The molecule has 2 nitrogen and oxygen atoms in total. The Bertz CT molecular complexity index is 484. The fourth-order valence-electron chi connectivity index (χ4n) is 2.92. The van der Waals surface area contributed by atoms with E-state index in [9.17, 15) is 4.39 Å². The van der Waals surface area contributed by atoms with Crippen LogP contribution in [0.4, 0.5) is 4.39 Å². The Morgan fingerprint density at radius 1 is 1.38 bits per heavy atom. The number of nitrogens with one attached hydrogen (secondary N) is 1. The molecule has 0 radical (unpaired) electrons. The number of hydrogen-bond acceptors (Lipinski definition) is 2. The fraction of sp³-hybridized carbons (Fsp3) is 0.647. The molecule has 118 valence electrons. The largest absolute Gasteiger partial charge is 0.311 e. The molecule has 0 saturated carbocycles. The molecule has 2 rings (SSSR count). The van der Waals surface area contributed by atoms with Crippen LogP contribution in [0.3, 0.4) is 0 Å². The first-order valence-corrected chi connectivity index (χ1v) is 8.10. The molecule has 4 heteroatoms. The van der Waals surface area contributed by atoms with Gasteiger partial charge in [0.25, 0.3) is 0 Å². The van der Waals surface area contributed by atoms with Gasteiger partial charge in [-0.25, -0.2) is 4.39 Å². The Labute approximate surface area is 132 Å². The zero-order valence-electron chi connectivity index (χ0n) is 13.4. The van der Waals surface area contributed by atoms with Crippen LogP contribution in [0.1, 0.15) is 39.7 Å². The molecule has 0 amide bonds. The molecule has 21 heavy (non-hydrogen) atoms. The van der Waals surface area contributed by atoms with Crippen LogP contribution in [0.25, 0.3) is 0 Å². The van der Waals surface area contributed by atoms with Gasteiger partial charge in [-0.3, -0.25) is 4.90 Å². The van der Waals surface area contributed by atoms with Crippen LogP contribution in [-0.4, -0.2) is 30.1 Å². The number of benzene rings is 1. The van der Waals surface area contributed by atoms with Gasteiger partial charge >= 0.3 is 0 Å². The first kappa shape index (κ1) is 16.7. The summed E-state index contributed by atoms with van der Waals surface area (Å²) in [6.07, 6.45) is 1.08. The number of nitrogens with zero attached hydrogens (tertiary/aromatic N) is 1. The minimum absolute atomic E-state index is 0.211. The smallest absolute Gasteiger partial charge is 0.123 e. The van der Waals surface area contributed by atoms with Crippen molar-refractivity contribution in [1.82, 2.24) is 10.2 Å². The summed E-state index contributed by atoms with van der Waals surface area (Å²) in [4.78, 5) is 2.44. The number of piperazine rings is 1. The van der Waals surface area contributed by atoms with Crippen LogP contribution in [0.15, 0.2) is 18.2 Å². The second-order valence-corrected chi connectivity index (χ2v) is 7.46. The van der Waals surface area contributed by atoms with Crippen molar-refractivity contribution < 1.29 is 4.39 Å². The quantitative estimate of drug-likeness (QED) is 0.905. The van der Waals surface area contributed by atoms with E-state index >= 15 is 0 Å². The topological polar surface area (TPSA) is 15.3 Å². The van der Waals surface area contributed by atoms with Crippen molar-refractivity contribution >= 4 is 11.6 Å². The zero-order valence-corrected chi connectivity index (χ0v) is 14.2. The Kier molecular flexibility index (Phi) is 5.29. The van der Waals surface area contributed by atoms with Gasteiger partial charge in [-0.1, -0.05) is 39.3 Å². The van der Waals surface area contributed by atoms with Crippen molar-refractivity contribution in [3.8, 4) is 0 Å². The van der Waals surface area contributed by atoms with E-state index in [0.29, 0.717) is 23.7 Å². The third-order valence-electron chi connectivity index (χ3n) is 4.43. The van der Waals surface area contributed by atoms with Crippen LogP contribution < -0.4 is 5.32 Å². The average molecular weight is 313 g/mol. The van der Waals surface area contributed by atoms with Gasteiger partial charge in [-0.2, -0.15) is 0 Å². The molecule has 1 aromatic rings. The maximum absolute atomic E-state index is 13.5. The first-order valence-electron chi connectivity index (χ1n) is 7.72. The van der Waals surface area contributed by atoms with Crippen molar-refractivity contribution in [2.75, 3.05) is 13.1 Å². The minimum Gasteiger partial charge on any atom is -0.311 e. The van der Waals surface area contributed by atoms with E-state index in [1.807, 2.05) is 0 Å². The van der Waals surface area contributed by atoms with E-state index in [-0.39, 0.29) is 11.2 Å². The molecule has 2 unspecified atom stereocenters. The van der Waals surface area contributed by atoms with Crippen molar-refractivity contribution in [1.29, 1.82) is 0 Å². The SMILES string of the molecule is CCC1CNC(C(C)(C)C)CN1Cc1cc(F)ccc1Cl. The lowest BCUT2D eigenvalue weighted by atomic mass is 9.84. The van der Waals surface area contributed by atoms with Crippen LogP contribution in [-0.2, 0) is 6.54 Å². The predicted octanol–water partition coefficient (Wildman–Crippen LogP) is 4.08. The summed E-state index contributed by atoms with van der Waals surface area (Å²) in [7, 11) is 0. The fourth-order valence-corrected chi connectivity index (χ4v) is 3.09. The molecule has 1 heterocycles. The maximum Gasteiger partial charge on any atom is 0.123 e. The lowest BCUT2D eigenvalue weighted by Crippen LogP contribution is -2.59. The highest BCUT2D eigenvalue weighted by Gasteiger charge is 2.33. The highest BCUT2D eigenvalue weighted by Crippen LogP contribution is 2.27. The number of rotatable bonds is 3. The summed E-state index contributed by atoms with van der Waals surface area (Å²) in [5.74, 6) is -0.218. The zero-order chi connectivity index (χ0) is 15.6. The van der Waals surface area contributed by atoms with Crippen molar-refractivity contribution in [3.63, 3.8) is 0 Å². The molecule has 1 aliphatic rings. The normalized spacial score (nSPS) is 24.3. The van der Waals surface area contributed by atoms with Crippen LogP contribution in [0.5, 0.6) is 0 Å². The molecule has 1 N–H and O–H groups in total. The molecule has 1 aromatic carbocycles. The molecule has 1 aliphatic heterocycles. The predicted molar refractivity (Wildman–Crippen MR) is 87.1 cm³/mol. The molecule has 0 spiro atoms. The van der Waals surface area contributed by atoms with Gasteiger partial charge in [0.2, 0.25) is 0 Å². The van der Waals surface area contributed by atoms with Crippen LogP contribution >= 0.6 is 11.6 Å². The van der Waals surface area contributed by atoms with E-state index in [1.54, 1.807) is 12.1 Å². The second kappa shape index (κ2) is 6.64. The van der Waals surface area contributed by atoms with Gasteiger partial charge in [-0.15, -0.1) is 0 Å². The molecular weight excluding hydrogens is 287 g/mol. The van der Waals surface area contributed by atoms with Gasteiger partial charge < -0.3 is 5.32 Å². The number of halogens is 2. The summed E-state index contributed by atoms with van der Waals surface area (Å²) < 4.78 is 13.5. The maximum atomic E-state index is 13.5. The monoisotopic (exact) mass is 312 g/mol. The van der Waals surface area contributed by atoms with E-state index in [2.05, 4.69) is 37.9 Å². The van der Waals surface area contributed by atoms with Gasteiger partial charge in [0.15, 0.2) is 0 Å². The van der Waals surface area contributed by atoms with Gasteiger partial charge in [0.1, 0.15) is 5.82 Å². The lowest BCUT2D eigenvalue weighted by Gasteiger charge is -2.45. The van der Waals surface area contributed by atoms with E-state index in [4.69, 9.17) is 11.6 Å². The van der Waals surface area contributed by atoms with Gasteiger partial charge in [-0.05, 0) is 35.6 Å². The molecule has 1 saturated heterocycles. The Morgan fingerprint density at radius 3 is 2.71 bits per heavy atom. The summed E-state index contributed by atoms with van der Waals surface area (Å²) in [5, 5.41) is 4.30. The molecule has 0 aliphatic carbocycles. The lowest BCUT2D eigenvalue weighted by molar-refractivity contribution is 0.0774. The highest BCUT2D eigenvalue weighted by molar-refractivity contribution is 6.31. The molecule has 0 bridgehead atoms. The van der Waals surface area contributed by atoms with E-state index in [0.717, 1.165) is 25.1 Å². The molecular formula is C17H26ClFN2. The van der Waals surface area contributed by atoms with Crippen molar-refractivity contribution in [3.05, 3.63) is 34.6 Å². The van der Waals surface area contributed by atoms with Crippen molar-refractivity contribution in [2.45, 2.75) is 52.7 Å². The summed E-state index contributed by atoms with van der Waals surface area (Å²) in [5.41, 5.74) is 1.09. The molecule has 1 fully saturated rings. The van der Waals surface area contributed by atoms with Crippen LogP contribution in [0, 0.1) is 11.2 Å². The van der Waals surface area contributed by atoms with E-state index < -0.39 is 0 Å². The number of hydrogen-bond donors (Lipinski definition) is 1. The standard InChI is InChI=1S/C17H26ClFN2/c1-5-14-9-20-16(17(2,3)4)11-21(14)10-12-8-13(19)6-7-15(12)18/h6-8,14,16,20H,5,9-11H2,1-4H3. The Morgan fingerprint density at radius 2 is 2.10 bits per heavy atom. The van der Waals surface area contributed by atoms with Gasteiger partial charge in [0, 0.05) is 36.7 Å². The summed E-state index contributed by atoms with van der Waals surface area (Å²) >= 11 is 6.22. The highest BCUT2D eigenvalue weighted by atomic mass is 35.5. The third kappa shape index (κ3) is 4.18. The summed E-state index contributed by atoms with van der Waals surface area (Å²) in [6, 6.07) is 5.54. The summed E-state index contributed by atoms with van der Waals surface area (Å²) in [6.45, 7) is 11.6. The first-order chi connectivity index (χ1) is 9.81.